The molecular formula is C15H21NO3. The number of amides is 1. The Morgan fingerprint density at radius 2 is 1.95 bits per heavy atom. The Kier molecular flexibility index (Phi) is 4.80. The number of hydrogen-bond acceptors (Lipinski definition) is 3. The number of phenols is 1. The fourth-order valence-electron chi connectivity index (χ4n) is 2.49. The molecule has 4 heteroatoms. The van der Waals surface area contributed by atoms with Crippen LogP contribution in [-0.2, 0) is 11.2 Å². The van der Waals surface area contributed by atoms with Gasteiger partial charge in [-0.25, -0.2) is 0 Å². The van der Waals surface area contributed by atoms with Crippen molar-refractivity contribution in [2.45, 2.75) is 25.7 Å². The monoisotopic (exact) mass is 263 g/mol. The maximum absolute atomic E-state index is 12.1. The van der Waals surface area contributed by atoms with E-state index in [9.17, 15) is 9.90 Å². The third-order valence-electron chi connectivity index (χ3n) is 3.83. The van der Waals surface area contributed by atoms with Gasteiger partial charge in [-0.15, -0.1) is 0 Å². The maximum atomic E-state index is 12.1. The number of aromatic hydroxyl groups is 1. The number of nitrogens with zero attached hydrogens (tertiary/aromatic N) is 1. The first kappa shape index (κ1) is 13.9. The molecule has 0 spiro atoms. The topological polar surface area (TPSA) is 60.8 Å². The smallest absolute Gasteiger partial charge is 0.222 e. The van der Waals surface area contributed by atoms with Crippen LogP contribution in [0.3, 0.4) is 0 Å². The molecule has 1 aromatic rings. The molecule has 0 radical (unpaired) electrons. The van der Waals surface area contributed by atoms with Crippen LogP contribution in [0.5, 0.6) is 5.75 Å². The molecular weight excluding hydrogens is 242 g/mol. The summed E-state index contributed by atoms with van der Waals surface area (Å²) < 4.78 is 0. The lowest BCUT2D eigenvalue weighted by atomic mass is 9.97. The van der Waals surface area contributed by atoms with Crippen molar-refractivity contribution in [1.82, 2.24) is 4.90 Å². The molecule has 0 aromatic heterocycles. The highest BCUT2D eigenvalue weighted by atomic mass is 16.3. The van der Waals surface area contributed by atoms with Gasteiger partial charge < -0.3 is 15.1 Å². The average molecular weight is 263 g/mol. The van der Waals surface area contributed by atoms with Gasteiger partial charge in [0.25, 0.3) is 0 Å². The minimum atomic E-state index is 0.139. The zero-order valence-corrected chi connectivity index (χ0v) is 11.1. The highest BCUT2D eigenvalue weighted by Gasteiger charge is 2.21. The van der Waals surface area contributed by atoms with Gasteiger partial charge in [-0.3, -0.25) is 4.79 Å². The van der Waals surface area contributed by atoms with Gasteiger partial charge in [0.1, 0.15) is 5.75 Å². The minimum absolute atomic E-state index is 0.139. The average Bonchev–Trinajstić information content (AvgIpc) is 2.46. The fraction of sp³-hybridized carbons (Fsp3) is 0.533. The summed E-state index contributed by atoms with van der Waals surface area (Å²) in [7, 11) is 0. The summed E-state index contributed by atoms with van der Waals surface area (Å²) in [4.78, 5) is 13.9. The van der Waals surface area contributed by atoms with Gasteiger partial charge in [0, 0.05) is 26.1 Å². The van der Waals surface area contributed by atoms with Crippen molar-refractivity contribution in [3.8, 4) is 5.75 Å². The van der Waals surface area contributed by atoms with Crippen molar-refractivity contribution >= 4 is 5.91 Å². The van der Waals surface area contributed by atoms with Crippen LogP contribution in [0.25, 0.3) is 0 Å². The van der Waals surface area contributed by atoms with E-state index in [4.69, 9.17) is 5.11 Å². The Hall–Kier alpha value is -1.55. The first-order valence-electron chi connectivity index (χ1n) is 6.86. The molecule has 2 N–H and O–H groups in total. The lowest BCUT2D eigenvalue weighted by molar-refractivity contribution is -0.132. The van der Waals surface area contributed by atoms with Crippen molar-refractivity contribution in [1.29, 1.82) is 0 Å². The standard InChI is InChI=1S/C15H21NO3/c17-11-12-7-9-16(10-8-12)15(19)6-5-13-3-1-2-4-14(13)18/h1-4,12,17-18H,5-11H2. The molecule has 1 saturated heterocycles. The van der Waals surface area contributed by atoms with E-state index < -0.39 is 0 Å². The molecule has 1 aliphatic rings. The molecule has 1 aliphatic heterocycles. The zero-order chi connectivity index (χ0) is 13.7. The third kappa shape index (κ3) is 3.70. The number of rotatable bonds is 4. The van der Waals surface area contributed by atoms with Crippen molar-refractivity contribution in [3.05, 3.63) is 29.8 Å². The molecule has 0 unspecified atom stereocenters. The molecule has 0 atom stereocenters. The molecule has 1 aromatic carbocycles. The van der Waals surface area contributed by atoms with Crippen LogP contribution in [0.2, 0.25) is 0 Å². The predicted octanol–water partition coefficient (Wildman–Crippen LogP) is 1.56. The van der Waals surface area contributed by atoms with Crippen molar-refractivity contribution < 1.29 is 15.0 Å². The van der Waals surface area contributed by atoms with Crippen LogP contribution in [0, 0.1) is 5.92 Å². The molecule has 4 nitrogen and oxygen atoms in total. The summed E-state index contributed by atoms with van der Waals surface area (Å²) >= 11 is 0. The van der Waals surface area contributed by atoms with E-state index >= 15 is 0 Å². The summed E-state index contributed by atoms with van der Waals surface area (Å²) in [5, 5.41) is 18.7. The Morgan fingerprint density at radius 1 is 1.26 bits per heavy atom. The Balaban J connectivity index is 1.81. The van der Waals surface area contributed by atoms with Gasteiger partial charge in [-0.05, 0) is 36.8 Å². The van der Waals surface area contributed by atoms with Crippen molar-refractivity contribution in [2.75, 3.05) is 19.7 Å². The quantitative estimate of drug-likeness (QED) is 0.866. The number of hydrogen-bond donors (Lipinski definition) is 2. The lowest BCUT2D eigenvalue weighted by Crippen LogP contribution is -2.39. The number of para-hydroxylation sites is 1. The molecule has 1 heterocycles. The molecule has 0 aliphatic carbocycles. The molecule has 19 heavy (non-hydrogen) atoms. The Bertz CT molecular complexity index is 425. The number of aliphatic hydroxyl groups excluding tert-OH is 1. The number of aryl methyl sites for hydroxylation is 1. The van der Waals surface area contributed by atoms with Crippen molar-refractivity contribution in [3.63, 3.8) is 0 Å². The highest BCUT2D eigenvalue weighted by Crippen LogP contribution is 2.20. The van der Waals surface area contributed by atoms with E-state index in [0.29, 0.717) is 18.8 Å². The molecule has 2 rings (SSSR count). The number of carbonyl (C=O) groups is 1. The molecule has 1 amide bonds. The second-order valence-corrected chi connectivity index (χ2v) is 5.14. The summed E-state index contributed by atoms with van der Waals surface area (Å²) in [6.07, 6.45) is 2.78. The summed E-state index contributed by atoms with van der Waals surface area (Å²) in [6.45, 7) is 1.70. The van der Waals surface area contributed by atoms with E-state index in [-0.39, 0.29) is 18.3 Å². The van der Waals surface area contributed by atoms with E-state index in [1.807, 2.05) is 17.0 Å². The number of carbonyl (C=O) groups excluding carboxylic acids is 1. The molecule has 1 fully saturated rings. The second-order valence-electron chi connectivity index (χ2n) is 5.14. The van der Waals surface area contributed by atoms with Crippen LogP contribution < -0.4 is 0 Å². The van der Waals surface area contributed by atoms with Gasteiger partial charge in [0.15, 0.2) is 0 Å². The van der Waals surface area contributed by atoms with Crippen LogP contribution in [0.15, 0.2) is 24.3 Å². The predicted molar refractivity (Wildman–Crippen MR) is 72.8 cm³/mol. The Morgan fingerprint density at radius 3 is 2.58 bits per heavy atom. The van der Waals surface area contributed by atoms with Crippen molar-refractivity contribution in [2.24, 2.45) is 5.92 Å². The maximum Gasteiger partial charge on any atom is 0.222 e. The van der Waals surface area contributed by atoms with Gasteiger partial charge >= 0.3 is 0 Å². The number of phenolic OH excluding ortho intramolecular Hbond substituents is 1. The minimum Gasteiger partial charge on any atom is -0.508 e. The van der Waals surface area contributed by atoms with E-state index in [1.54, 1.807) is 12.1 Å². The number of aliphatic hydroxyl groups is 1. The molecule has 104 valence electrons. The SMILES string of the molecule is O=C(CCc1ccccc1O)N1CCC(CO)CC1. The summed E-state index contributed by atoms with van der Waals surface area (Å²) in [6, 6.07) is 7.14. The Labute approximate surface area is 113 Å². The lowest BCUT2D eigenvalue weighted by Gasteiger charge is -2.31. The van der Waals surface area contributed by atoms with E-state index in [0.717, 1.165) is 31.5 Å². The van der Waals surface area contributed by atoms with Crippen LogP contribution in [0.1, 0.15) is 24.8 Å². The van der Waals surface area contributed by atoms with Crippen LogP contribution in [0.4, 0.5) is 0 Å². The van der Waals surface area contributed by atoms with Crippen LogP contribution in [-0.4, -0.2) is 40.7 Å². The van der Waals surface area contributed by atoms with E-state index in [1.165, 1.54) is 0 Å². The highest BCUT2D eigenvalue weighted by molar-refractivity contribution is 5.76. The molecule has 0 saturated carbocycles. The largest absolute Gasteiger partial charge is 0.508 e. The third-order valence-corrected chi connectivity index (χ3v) is 3.83. The van der Waals surface area contributed by atoms with Gasteiger partial charge in [-0.1, -0.05) is 18.2 Å². The fourth-order valence-corrected chi connectivity index (χ4v) is 2.49. The second kappa shape index (κ2) is 6.57. The number of likely N-dealkylation sites (tertiary alicyclic amines) is 1. The molecule has 0 bridgehead atoms. The van der Waals surface area contributed by atoms with Gasteiger partial charge in [0.05, 0.1) is 0 Å². The first-order chi connectivity index (χ1) is 9.20. The van der Waals surface area contributed by atoms with Crippen LogP contribution >= 0.6 is 0 Å². The summed E-state index contributed by atoms with van der Waals surface area (Å²) in [5.41, 5.74) is 0.820. The normalized spacial score (nSPS) is 16.6. The first-order valence-corrected chi connectivity index (χ1v) is 6.86. The zero-order valence-electron chi connectivity index (χ0n) is 11.1. The summed E-state index contributed by atoms with van der Waals surface area (Å²) in [5.74, 6) is 0.746. The van der Waals surface area contributed by atoms with Gasteiger partial charge in [-0.2, -0.15) is 0 Å². The number of piperidine rings is 1. The number of benzene rings is 1. The van der Waals surface area contributed by atoms with Gasteiger partial charge in [0.2, 0.25) is 5.91 Å². The van der Waals surface area contributed by atoms with E-state index in [2.05, 4.69) is 0 Å².